The van der Waals surface area contributed by atoms with Gasteiger partial charge in [0.1, 0.15) is 0 Å². The molecule has 132 valence electrons. The number of hydrogen-bond acceptors (Lipinski definition) is 6. The van der Waals surface area contributed by atoms with Gasteiger partial charge in [0.05, 0.1) is 29.4 Å². The van der Waals surface area contributed by atoms with Crippen molar-refractivity contribution in [1.82, 2.24) is 4.31 Å². The zero-order valence-corrected chi connectivity index (χ0v) is 14.2. The lowest BCUT2D eigenvalue weighted by Gasteiger charge is -2.25. The largest absolute Gasteiger partial charge is 0.469 e. The van der Waals surface area contributed by atoms with Gasteiger partial charge in [-0.25, -0.2) is 8.42 Å². The molecule has 1 aliphatic rings. The van der Waals surface area contributed by atoms with Gasteiger partial charge in [-0.2, -0.15) is 4.31 Å². The molecule has 0 fully saturated rings. The minimum absolute atomic E-state index is 0.108. The number of sulfonamides is 1. The van der Waals surface area contributed by atoms with E-state index < -0.39 is 32.9 Å². The molecule has 1 aromatic rings. The van der Waals surface area contributed by atoms with E-state index in [2.05, 4.69) is 10.7 Å². The first-order chi connectivity index (χ1) is 11.8. The van der Waals surface area contributed by atoms with Crippen molar-refractivity contribution in [2.45, 2.75) is 17.4 Å². The highest BCUT2D eigenvalue weighted by Crippen LogP contribution is 2.28. The fraction of sp³-hybridized carbons (Fsp3) is 0.312. The van der Waals surface area contributed by atoms with Crippen LogP contribution in [0.25, 0.3) is 0 Å². The number of carbonyl (C=O) groups is 1. The van der Waals surface area contributed by atoms with Crippen LogP contribution in [0.15, 0.2) is 41.3 Å². The van der Waals surface area contributed by atoms with E-state index in [-0.39, 0.29) is 23.5 Å². The molecule has 0 bridgehead atoms. The van der Waals surface area contributed by atoms with E-state index in [1.807, 2.05) is 0 Å². The molecular weight excluding hydrogens is 348 g/mol. The van der Waals surface area contributed by atoms with Crippen molar-refractivity contribution in [2.75, 3.05) is 13.7 Å². The van der Waals surface area contributed by atoms with Crippen LogP contribution >= 0.6 is 0 Å². The Morgan fingerprint density at radius 1 is 1.40 bits per heavy atom. The summed E-state index contributed by atoms with van der Waals surface area (Å²) in [5.41, 5.74) is -0.214. The van der Waals surface area contributed by atoms with Crippen LogP contribution in [0.3, 0.4) is 0 Å². The standard InChI is InChI=1S/C16H16N2O6S/c1-3-10-17(14-5-4-12(11-14)16(19)24-2)25(22,23)15-8-6-13(7-9-15)18(20)21/h1,4-9,12,14H,10-11H2,2H3/t12-,14+/m0/s1. The third-order valence-electron chi connectivity index (χ3n) is 3.84. The molecule has 0 saturated heterocycles. The molecule has 0 amide bonds. The maximum atomic E-state index is 12.8. The number of esters is 1. The minimum atomic E-state index is -3.98. The van der Waals surface area contributed by atoms with Gasteiger partial charge >= 0.3 is 5.97 Å². The fourth-order valence-electron chi connectivity index (χ4n) is 2.57. The average molecular weight is 364 g/mol. The highest BCUT2D eigenvalue weighted by molar-refractivity contribution is 7.89. The monoisotopic (exact) mass is 364 g/mol. The number of benzene rings is 1. The van der Waals surface area contributed by atoms with Crippen LogP contribution in [0.4, 0.5) is 5.69 Å². The lowest BCUT2D eigenvalue weighted by molar-refractivity contribution is -0.384. The lowest BCUT2D eigenvalue weighted by Crippen LogP contribution is -2.39. The second kappa shape index (κ2) is 7.46. The van der Waals surface area contributed by atoms with Crippen LogP contribution in [-0.4, -0.2) is 43.3 Å². The maximum absolute atomic E-state index is 12.8. The third kappa shape index (κ3) is 3.87. The molecule has 0 N–H and O–H groups in total. The highest BCUT2D eigenvalue weighted by Gasteiger charge is 2.35. The Bertz CT molecular complexity index is 838. The number of carbonyl (C=O) groups excluding carboxylic acids is 1. The van der Waals surface area contributed by atoms with E-state index in [0.29, 0.717) is 0 Å². The lowest BCUT2D eigenvalue weighted by atomic mass is 10.1. The van der Waals surface area contributed by atoms with Crippen molar-refractivity contribution in [3.8, 4) is 12.3 Å². The number of rotatable bonds is 6. The molecule has 0 aromatic heterocycles. The molecule has 0 radical (unpaired) electrons. The van der Waals surface area contributed by atoms with Crippen molar-refractivity contribution in [3.63, 3.8) is 0 Å². The van der Waals surface area contributed by atoms with Gasteiger partial charge in [0.2, 0.25) is 10.0 Å². The minimum Gasteiger partial charge on any atom is -0.469 e. The van der Waals surface area contributed by atoms with Crippen molar-refractivity contribution >= 4 is 21.7 Å². The quantitative estimate of drug-likeness (QED) is 0.248. The Kier molecular flexibility index (Phi) is 5.56. The third-order valence-corrected chi connectivity index (χ3v) is 5.72. The zero-order valence-electron chi connectivity index (χ0n) is 13.4. The number of nitro benzene ring substituents is 1. The van der Waals surface area contributed by atoms with E-state index in [1.165, 1.54) is 7.11 Å². The summed E-state index contributed by atoms with van der Waals surface area (Å²) in [4.78, 5) is 21.6. The molecule has 25 heavy (non-hydrogen) atoms. The van der Waals surface area contributed by atoms with Crippen molar-refractivity contribution < 1.29 is 22.9 Å². The van der Waals surface area contributed by atoms with Crippen LogP contribution in [0.2, 0.25) is 0 Å². The van der Waals surface area contributed by atoms with Gasteiger partial charge in [-0.1, -0.05) is 18.1 Å². The fourth-order valence-corrected chi connectivity index (χ4v) is 4.07. The Labute approximate surface area is 145 Å². The summed E-state index contributed by atoms with van der Waals surface area (Å²) in [7, 11) is -2.72. The first-order valence-electron chi connectivity index (χ1n) is 7.27. The Balaban J connectivity index is 2.30. The molecule has 0 heterocycles. The highest BCUT2D eigenvalue weighted by atomic mass is 32.2. The van der Waals surface area contributed by atoms with Gasteiger partial charge in [0, 0.05) is 18.2 Å². The molecule has 0 unspecified atom stereocenters. The smallest absolute Gasteiger partial charge is 0.312 e. The van der Waals surface area contributed by atoms with Gasteiger partial charge in [0.25, 0.3) is 5.69 Å². The summed E-state index contributed by atoms with van der Waals surface area (Å²) in [5.74, 6) is 1.31. The molecule has 0 spiro atoms. The predicted octanol–water partition coefficient (Wildman–Crippen LogP) is 1.34. The topological polar surface area (TPSA) is 107 Å². The van der Waals surface area contributed by atoms with Crippen molar-refractivity contribution in [2.24, 2.45) is 5.92 Å². The number of methoxy groups -OCH3 is 1. The van der Waals surface area contributed by atoms with Crippen LogP contribution in [0.1, 0.15) is 6.42 Å². The van der Waals surface area contributed by atoms with Crippen LogP contribution < -0.4 is 0 Å². The molecule has 2 atom stereocenters. The number of hydrogen-bond donors (Lipinski definition) is 0. The number of nitrogens with zero attached hydrogens (tertiary/aromatic N) is 2. The molecule has 1 aliphatic carbocycles. The Morgan fingerprint density at radius 2 is 2.04 bits per heavy atom. The number of nitro groups is 1. The molecule has 2 rings (SSSR count). The summed E-state index contributed by atoms with van der Waals surface area (Å²) in [6, 6.07) is 3.95. The number of ether oxygens (including phenoxy) is 1. The molecule has 0 aliphatic heterocycles. The van der Waals surface area contributed by atoms with E-state index in [1.54, 1.807) is 12.2 Å². The normalized spacial score (nSPS) is 19.6. The summed E-state index contributed by atoms with van der Waals surface area (Å²) >= 11 is 0. The van der Waals surface area contributed by atoms with Crippen LogP contribution in [-0.2, 0) is 19.6 Å². The second-order valence-corrected chi connectivity index (χ2v) is 7.21. The SMILES string of the molecule is C#CCN([C@@H]1C=C[C@H](C(=O)OC)C1)S(=O)(=O)c1ccc([N+](=O)[O-])cc1. The van der Waals surface area contributed by atoms with Gasteiger partial charge in [-0.15, -0.1) is 6.42 Å². The molecule has 0 saturated carbocycles. The summed E-state index contributed by atoms with van der Waals surface area (Å²) < 4.78 is 31.5. The summed E-state index contributed by atoms with van der Waals surface area (Å²) in [6.07, 6.45) is 8.71. The average Bonchev–Trinajstić information content (AvgIpc) is 3.08. The molecular formula is C16H16N2O6S. The zero-order chi connectivity index (χ0) is 18.6. The van der Waals surface area contributed by atoms with E-state index in [4.69, 9.17) is 6.42 Å². The van der Waals surface area contributed by atoms with Gasteiger partial charge < -0.3 is 4.74 Å². The number of terminal acetylenes is 1. The van der Waals surface area contributed by atoms with E-state index in [0.717, 1.165) is 28.6 Å². The first-order valence-corrected chi connectivity index (χ1v) is 8.71. The summed E-state index contributed by atoms with van der Waals surface area (Å²) in [5, 5.41) is 10.7. The van der Waals surface area contributed by atoms with Gasteiger partial charge in [0.15, 0.2) is 0 Å². The van der Waals surface area contributed by atoms with E-state index >= 15 is 0 Å². The molecule has 1 aromatic carbocycles. The van der Waals surface area contributed by atoms with Crippen molar-refractivity contribution in [1.29, 1.82) is 0 Å². The molecule has 8 nitrogen and oxygen atoms in total. The predicted molar refractivity (Wildman–Crippen MR) is 88.9 cm³/mol. The first kappa shape index (κ1) is 18.6. The van der Waals surface area contributed by atoms with Gasteiger partial charge in [-0.05, 0) is 18.6 Å². The Morgan fingerprint density at radius 3 is 2.56 bits per heavy atom. The molecule has 9 heteroatoms. The van der Waals surface area contributed by atoms with Crippen LogP contribution in [0, 0.1) is 28.4 Å². The van der Waals surface area contributed by atoms with Crippen LogP contribution in [0.5, 0.6) is 0 Å². The van der Waals surface area contributed by atoms with Gasteiger partial charge in [-0.3, -0.25) is 14.9 Å². The van der Waals surface area contributed by atoms with E-state index in [9.17, 15) is 23.3 Å². The second-order valence-electron chi connectivity index (χ2n) is 5.32. The maximum Gasteiger partial charge on any atom is 0.312 e. The van der Waals surface area contributed by atoms with Crippen molar-refractivity contribution in [3.05, 3.63) is 46.5 Å². The number of non-ortho nitro benzene ring substituents is 1. The summed E-state index contributed by atoms with van der Waals surface area (Å²) in [6.45, 7) is -0.192. The Hall–Kier alpha value is -2.70.